The number of nitrogens with one attached hydrogen (secondary N) is 1. The van der Waals surface area contributed by atoms with Crippen LogP contribution >= 0.6 is 0 Å². The molecular formula is C31H37F3N4O4S. The van der Waals surface area contributed by atoms with Crippen LogP contribution in [0.2, 0.25) is 0 Å². The third-order valence-electron chi connectivity index (χ3n) is 7.79. The fourth-order valence-electron chi connectivity index (χ4n) is 5.49. The Kier molecular flexibility index (Phi) is 9.66. The molecule has 1 heterocycles. The van der Waals surface area contributed by atoms with Gasteiger partial charge in [0.15, 0.2) is 9.84 Å². The van der Waals surface area contributed by atoms with Gasteiger partial charge in [-0.25, -0.2) is 8.42 Å². The Hall–Kier alpha value is -3.69. The lowest BCUT2D eigenvalue weighted by Crippen LogP contribution is -2.36. The molecule has 1 aliphatic carbocycles. The number of phenols is 1. The summed E-state index contributed by atoms with van der Waals surface area (Å²) in [5.74, 6) is 4.80. The van der Waals surface area contributed by atoms with Crippen molar-refractivity contribution in [3.8, 4) is 17.6 Å². The summed E-state index contributed by atoms with van der Waals surface area (Å²) in [5.41, 5.74) is 1.33. The van der Waals surface area contributed by atoms with E-state index in [4.69, 9.17) is 0 Å². The van der Waals surface area contributed by atoms with Gasteiger partial charge in [-0.05, 0) is 76.0 Å². The van der Waals surface area contributed by atoms with Gasteiger partial charge in [0, 0.05) is 41.9 Å². The molecule has 232 valence electrons. The van der Waals surface area contributed by atoms with Crippen LogP contribution in [0.1, 0.15) is 44.7 Å². The van der Waals surface area contributed by atoms with Crippen LogP contribution in [0.4, 0.5) is 24.5 Å². The first-order valence-corrected chi connectivity index (χ1v) is 16.0. The summed E-state index contributed by atoms with van der Waals surface area (Å²) in [6, 6.07) is 11.2. The van der Waals surface area contributed by atoms with Crippen molar-refractivity contribution >= 4 is 38.0 Å². The van der Waals surface area contributed by atoms with Gasteiger partial charge in [-0.3, -0.25) is 9.69 Å². The highest BCUT2D eigenvalue weighted by molar-refractivity contribution is 7.90. The molecule has 1 fully saturated rings. The number of anilines is 2. The van der Waals surface area contributed by atoms with Crippen LogP contribution in [0.15, 0.2) is 47.4 Å². The van der Waals surface area contributed by atoms with E-state index in [9.17, 15) is 31.5 Å². The van der Waals surface area contributed by atoms with Crippen molar-refractivity contribution in [2.24, 2.45) is 0 Å². The zero-order valence-corrected chi connectivity index (χ0v) is 25.5. The molecular weight excluding hydrogens is 581 g/mol. The lowest BCUT2D eigenvalue weighted by molar-refractivity contribution is -0.140. The number of rotatable bonds is 8. The summed E-state index contributed by atoms with van der Waals surface area (Å²) in [7, 11) is 0.547. The fourth-order valence-corrected chi connectivity index (χ4v) is 6.13. The van der Waals surface area contributed by atoms with Crippen LogP contribution in [0.5, 0.6) is 5.75 Å². The Labute approximate surface area is 250 Å². The second-order valence-corrected chi connectivity index (χ2v) is 13.2. The molecule has 3 aromatic rings. The number of sulfone groups is 1. The first kappa shape index (κ1) is 32.2. The average molecular weight is 619 g/mol. The predicted octanol–water partition coefficient (Wildman–Crippen LogP) is 5.39. The van der Waals surface area contributed by atoms with Gasteiger partial charge in [-0.1, -0.05) is 18.9 Å². The van der Waals surface area contributed by atoms with Gasteiger partial charge in [0.1, 0.15) is 12.3 Å². The van der Waals surface area contributed by atoms with Gasteiger partial charge < -0.3 is 19.9 Å². The van der Waals surface area contributed by atoms with Gasteiger partial charge >= 0.3 is 6.18 Å². The molecule has 0 bridgehead atoms. The lowest BCUT2D eigenvalue weighted by atomic mass is 9.90. The third kappa shape index (κ3) is 7.83. The van der Waals surface area contributed by atoms with Crippen molar-refractivity contribution < 1.29 is 31.5 Å². The number of amides is 1. The predicted molar refractivity (Wildman–Crippen MR) is 162 cm³/mol. The molecule has 0 atom stereocenters. The summed E-state index contributed by atoms with van der Waals surface area (Å²) in [6.07, 6.45) is 0.544. The number of hydrogen-bond acceptors (Lipinski definition) is 6. The van der Waals surface area contributed by atoms with E-state index in [0.29, 0.717) is 16.9 Å². The van der Waals surface area contributed by atoms with E-state index in [-0.39, 0.29) is 35.3 Å². The summed E-state index contributed by atoms with van der Waals surface area (Å²) in [4.78, 5) is 16.0. The molecule has 1 amide bonds. The lowest BCUT2D eigenvalue weighted by Gasteiger charge is -2.33. The first-order valence-electron chi connectivity index (χ1n) is 14.1. The van der Waals surface area contributed by atoms with Gasteiger partial charge in [0.25, 0.3) is 0 Å². The summed E-state index contributed by atoms with van der Waals surface area (Å²) in [6.45, 7) is 0.156. The molecule has 2 aromatic carbocycles. The van der Waals surface area contributed by atoms with Gasteiger partial charge in [0.2, 0.25) is 5.91 Å². The summed E-state index contributed by atoms with van der Waals surface area (Å²) >= 11 is 0. The largest absolute Gasteiger partial charge is 0.506 e. The molecule has 8 nitrogen and oxygen atoms in total. The highest BCUT2D eigenvalue weighted by atomic mass is 32.2. The second-order valence-electron chi connectivity index (χ2n) is 11.1. The van der Waals surface area contributed by atoms with E-state index in [1.54, 1.807) is 25.1 Å². The molecule has 0 aliphatic heterocycles. The van der Waals surface area contributed by atoms with E-state index in [2.05, 4.69) is 36.2 Å². The van der Waals surface area contributed by atoms with Gasteiger partial charge in [-0.15, -0.1) is 0 Å². The van der Waals surface area contributed by atoms with Crippen LogP contribution in [0.3, 0.4) is 0 Å². The topological polar surface area (TPSA) is 94.9 Å². The molecule has 1 aromatic heterocycles. The monoisotopic (exact) mass is 618 g/mol. The number of phenolic OH excluding ortho intramolecular Hbond substituents is 1. The third-order valence-corrected chi connectivity index (χ3v) is 8.90. The van der Waals surface area contributed by atoms with Crippen LogP contribution in [0.25, 0.3) is 10.9 Å². The number of alkyl halides is 3. The smallest absolute Gasteiger partial charge is 0.406 e. The molecule has 0 spiro atoms. The molecule has 1 saturated carbocycles. The first-order chi connectivity index (χ1) is 20.2. The number of carbonyl (C=O) groups excluding carboxylic acids is 1. The average Bonchev–Trinajstić information content (AvgIpc) is 3.27. The number of aromatic nitrogens is 1. The van der Waals surface area contributed by atoms with Crippen molar-refractivity contribution in [1.82, 2.24) is 9.47 Å². The van der Waals surface area contributed by atoms with Crippen molar-refractivity contribution in [2.75, 3.05) is 37.1 Å². The van der Waals surface area contributed by atoms with Crippen LogP contribution in [-0.4, -0.2) is 74.1 Å². The molecule has 0 unspecified atom stereocenters. The molecule has 12 heteroatoms. The molecule has 4 rings (SSSR count). The Morgan fingerprint density at radius 1 is 1.12 bits per heavy atom. The second kappa shape index (κ2) is 12.9. The van der Waals surface area contributed by atoms with E-state index in [1.807, 2.05) is 6.07 Å². The number of carbonyl (C=O) groups is 1. The Morgan fingerprint density at radius 2 is 1.81 bits per heavy atom. The molecule has 0 saturated heterocycles. The maximum absolute atomic E-state index is 13.7. The molecule has 2 N–H and O–H groups in total. The van der Waals surface area contributed by atoms with E-state index < -0.39 is 34.2 Å². The Morgan fingerprint density at radius 3 is 2.40 bits per heavy atom. The zero-order chi connectivity index (χ0) is 31.5. The molecule has 0 radical (unpaired) electrons. The molecule has 1 aliphatic rings. The molecule has 43 heavy (non-hydrogen) atoms. The minimum Gasteiger partial charge on any atom is -0.506 e. The fraction of sp³-hybridized carbons (Fsp3) is 0.452. The van der Waals surface area contributed by atoms with Gasteiger partial charge in [0.05, 0.1) is 28.3 Å². The number of aromatic hydroxyl groups is 1. The number of halogens is 3. The van der Waals surface area contributed by atoms with Gasteiger partial charge in [-0.2, -0.15) is 13.2 Å². The van der Waals surface area contributed by atoms with E-state index >= 15 is 0 Å². The Balaban J connectivity index is 1.66. The summed E-state index contributed by atoms with van der Waals surface area (Å²) < 4.78 is 65.9. The summed E-state index contributed by atoms with van der Waals surface area (Å²) in [5, 5.41) is 14.7. The number of hydrogen-bond donors (Lipinski definition) is 2. The van der Waals surface area contributed by atoms with Crippen LogP contribution in [-0.2, 0) is 21.2 Å². The Bertz CT molecular complexity index is 1650. The number of fused-ring (bicyclic) bond motifs is 1. The highest BCUT2D eigenvalue weighted by Crippen LogP contribution is 2.33. The number of nitrogens with zero attached hydrogens (tertiary/aromatic N) is 3. The highest BCUT2D eigenvalue weighted by Gasteiger charge is 2.30. The standard InChI is InChI=1S/C31H37F3N4O4S/c1-5-30(40)37(28-16-15-24(19-29(28)39)43(4,41)42)17-7-8-23-18-25-26(35-21-11-13-22(14-12-21)36(2)3)9-6-10-27(25)38(23)20-31(32,33)34/h6,9-10,15-16,18-19,21-22,35,39H,5,11-14,17,20H2,1-4H3/t21-,22-. The maximum atomic E-state index is 13.7. The quantitative estimate of drug-likeness (QED) is 0.329. The van der Waals surface area contributed by atoms with Crippen LogP contribution in [0, 0.1) is 11.8 Å². The number of benzene rings is 2. The van der Waals surface area contributed by atoms with Crippen molar-refractivity contribution in [3.05, 3.63) is 48.2 Å². The van der Waals surface area contributed by atoms with E-state index in [0.717, 1.165) is 48.3 Å². The SMILES string of the molecule is CCC(=O)N(CC#Cc1cc2c(N[C@H]3CC[C@H](N(C)C)CC3)cccc2n1CC(F)(F)F)c1ccc(S(C)(=O)=O)cc1O. The zero-order valence-electron chi connectivity index (χ0n) is 24.7. The van der Waals surface area contributed by atoms with Crippen molar-refractivity contribution in [2.45, 2.75) is 68.7 Å². The minimum atomic E-state index is -4.49. The minimum absolute atomic E-state index is 0.0554. The van der Waals surface area contributed by atoms with Crippen molar-refractivity contribution in [1.29, 1.82) is 0 Å². The van der Waals surface area contributed by atoms with E-state index in [1.165, 1.54) is 17.0 Å². The van der Waals surface area contributed by atoms with Crippen molar-refractivity contribution in [3.63, 3.8) is 0 Å². The normalized spacial score (nSPS) is 17.5. The maximum Gasteiger partial charge on any atom is 0.406 e. The van der Waals surface area contributed by atoms with Crippen LogP contribution < -0.4 is 10.2 Å².